The Hall–Kier alpha value is -0.940. The molecule has 1 atom stereocenters. The maximum absolute atomic E-state index is 10.9. The van der Waals surface area contributed by atoms with Gasteiger partial charge in [-0.05, 0) is 6.42 Å². The van der Waals surface area contributed by atoms with E-state index in [9.17, 15) is 4.79 Å². The highest BCUT2D eigenvalue weighted by molar-refractivity contribution is 7.07. The second-order valence-corrected chi connectivity index (χ2v) is 4.13. The van der Waals surface area contributed by atoms with Gasteiger partial charge in [-0.25, -0.2) is 4.98 Å². The van der Waals surface area contributed by atoms with Crippen molar-refractivity contribution >= 4 is 17.2 Å². The average Bonchev–Trinajstić information content (AvgIpc) is 2.77. The first-order chi connectivity index (χ1) is 6.84. The van der Waals surface area contributed by atoms with Gasteiger partial charge in [0.15, 0.2) is 0 Å². The maximum Gasteiger partial charge on any atom is 0.220 e. The molecule has 0 aliphatic carbocycles. The number of rotatable bonds is 4. The quantitative estimate of drug-likeness (QED) is 0.763. The molecule has 2 rings (SSSR count). The highest BCUT2D eigenvalue weighted by Gasteiger charge is 2.19. The number of nitrogens with zero attached hydrogens (tertiary/aromatic N) is 1. The van der Waals surface area contributed by atoms with Crippen LogP contribution in [0.25, 0.3) is 0 Å². The second kappa shape index (κ2) is 4.52. The predicted octanol–water partition coefficient (Wildman–Crippen LogP) is 0.511. The van der Waals surface area contributed by atoms with Gasteiger partial charge in [-0.15, -0.1) is 11.3 Å². The van der Waals surface area contributed by atoms with Gasteiger partial charge in [0.1, 0.15) is 0 Å². The molecule has 0 spiro atoms. The molecule has 1 unspecified atom stereocenters. The van der Waals surface area contributed by atoms with Crippen LogP contribution in [0.3, 0.4) is 0 Å². The van der Waals surface area contributed by atoms with Gasteiger partial charge < -0.3 is 10.6 Å². The van der Waals surface area contributed by atoms with E-state index in [-0.39, 0.29) is 5.91 Å². The molecule has 76 valence electrons. The van der Waals surface area contributed by atoms with Crippen LogP contribution in [-0.4, -0.2) is 23.5 Å². The number of hydrogen-bond acceptors (Lipinski definition) is 4. The molecule has 0 bridgehead atoms. The number of thiazole rings is 1. The van der Waals surface area contributed by atoms with Gasteiger partial charge >= 0.3 is 0 Å². The zero-order valence-electron chi connectivity index (χ0n) is 7.82. The minimum atomic E-state index is 0.172. The molecular formula is C9H13N3OS. The molecule has 0 aromatic carbocycles. The van der Waals surface area contributed by atoms with Crippen molar-refractivity contribution < 1.29 is 4.79 Å². The summed E-state index contributed by atoms with van der Waals surface area (Å²) >= 11 is 1.60. The lowest BCUT2D eigenvalue weighted by Crippen LogP contribution is -2.35. The Morgan fingerprint density at radius 3 is 3.29 bits per heavy atom. The van der Waals surface area contributed by atoms with Crippen molar-refractivity contribution in [3.63, 3.8) is 0 Å². The first kappa shape index (κ1) is 9.61. The summed E-state index contributed by atoms with van der Waals surface area (Å²) in [6.45, 7) is 1.62. The summed E-state index contributed by atoms with van der Waals surface area (Å²) in [4.78, 5) is 15.1. The smallest absolute Gasteiger partial charge is 0.220 e. The Kier molecular flexibility index (Phi) is 3.10. The monoisotopic (exact) mass is 211 g/mol. The van der Waals surface area contributed by atoms with Crippen molar-refractivity contribution in [2.75, 3.05) is 6.54 Å². The number of amides is 1. The van der Waals surface area contributed by atoms with E-state index in [4.69, 9.17) is 0 Å². The molecule has 1 aromatic rings. The molecule has 2 heterocycles. The number of aromatic nitrogens is 1. The van der Waals surface area contributed by atoms with Crippen LogP contribution >= 0.6 is 11.3 Å². The van der Waals surface area contributed by atoms with Crippen molar-refractivity contribution in [3.05, 3.63) is 16.6 Å². The van der Waals surface area contributed by atoms with Gasteiger partial charge in [0.25, 0.3) is 0 Å². The van der Waals surface area contributed by atoms with Crippen LogP contribution in [0.4, 0.5) is 0 Å². The van der Waals surface area contributed by atoms with Crippen molar-refractivity contribution in [2.45, 2.75) is 25.4 Å². The van der Waals surface area contributed by atoms with Gasteiger partial charge in [0.2, 0.25) is 5.91 Å². The molecule has 4 nitrogen and oxygen atoms in total. The summed E-state index contributed by atoms with van der Waals surface area (Å²) in [5.41, 5.74) is 2.90. The van der Waals surface area contributed by atoms with E-state index in [1.807, 2.05) is 10.9 Å². The Balaban J connectivity index is 1.66. The van der Waals surface area contributed by atoms with Crippen LogP contribution in [0, 0.1) is 0 Å². The first-order valence-corrected chi connectivity index (χ1v) is 5.66. The van der Waals surface area contributed by atoms with Gasteiger partial charge in [-0.3, -0.25) is 4.79 Å². The molecule has 1 amide bonds. The Labute approximate surface area is 86.7 Å². The largest absolute Gasteiger partial charge is 0.352 e. The second-order valence-electron chi connectivity index (χ2n) is 3.41. The van der Waals surface area contributed by atoms with Crippen LogP contribution in [0.15, 0.2) is 10.9 Å². The summed E-state index contributed by atoms with van der Waals surface area (Å²) in [5, 5.41) is 8.22. The lowest BCUT2D eigenvalue weighted by atomic mass is 10.2. The third-order valence-corrected chi connectivity index (χ3v) is 2.90. The number of hydrogen-bond donors (Lipinski definition) is 2. The lowest BCUT2D eigenvalue weighted by molar-refractivity contribution is -0.119. The minimum absolute atomic E-state index is 0.172. The fraction of sp³-hybridized carbons (Fsp3) is 0.556. The lowest BCUT2D eigenvalue weighted by Gasteiger charge is -2.09. The van der Waals surface area contributed by atoms with E-state index < -0.39 is 0 Å². The fourth-order valence-corrected chi connectivity index (χ4v) is 2.09. The molecule has 1 aliphatic heterocycles. The van der Waals surface area contributed by atoms with E-state index in [2.05, 4.69) is 15.6 Å². The molecule has 1 saturated heterocycles. The Morgan fingerprint density at radius 2 is 2.64 bits per heavy atom. The van der Waals surface area contributed by atoms with E-state index in [1.165, 1.54) is 0 Å². The van der Waals surface area contributed by atoms with Gasteiger partial charge in [-0.1, -0.05) is 0 Å². The van der Waals surface area contributed by atoms with Crippen molar-refractivity contribution in [2.24, 2.45) is 0 Å². The zero-order chi connectivity index (χ0) is 9.80. The summed E-state index contributed by atoms with van der Waals surface area (Å²) in [6, 6.07) is 0.307. The molecule has 5 heteroatoms. The molecule has 1 fully saturated rings. The highest BCUT2D eigenvalue weighted by Crippen LogP contribution is 2.05. The number of carbonyl (C=O) groups is 1. The molecule has 1 aliphatic rings. The first-order valence-electron chi connectivity index (χ1n) is 4.72. The van der Waals surface area contributed by atoms with Crippen molar-refractivity contribution in [1.29, 1.82) is 0 Å². The van der Waals surface area contributed by atoms with Crippen LogP contribution in [0.5, 0.6) is 0 Å². The molecule has 2 N–H and O–H groups in total. The van der Waals surface area contributed by atoms with Gasteiger partial charge in [0, 0.05) is 30.9 Å². The topological polar surface area (TPSA) is 54.0 Å². The third kappa shape index (κ3) is 2.52. The normalized spacial score (nSPS) is 21.1. The number of carbonyl (C=O) groups excluding carboxylic acids is 1. The van der Waals surface area contributed by atoms with E-state index in [0.717, 1.165) is 25.2 Å². The summed E-state index contributed by atoms with van der Waals surface area (Å²) in [5.74, 6) is 0.172. The average molecular weight is 211 g/mol. The van der Waals surface area contributed by atoms with Gasteiger partial charge in [-0.2, -0.15) is 0 Å². The fourth-order valence-electron chi connectivity index (χ4n) is 1.53. The van der Waals surface area contributed by atoms with Crippen LogP contribution in [0.1, 0.15) is 18.5 Å². The predicted molar refractivity (Wildman–Crippen MR) is 55.0 cm³/mol. The standard InChI is InChI=1S/C9H13N3OS/c13-9-2-1-7(12-9)3-10-4-8-5-14-6-11-8/h5-7,10H,1-4H2,(H,12,13). The van der Waals surface area contributed by atoms with Crippen LogP contribution in [-0.2, 0) is 11.3 Å². The summed E-state index contributed by atoms with van der Waals surface area (Å²) < 4.78 is 0. The minimum Gasteiger partial charge on any atom is -0.352 e. The third-order valence-electron chi connectivity index (χ3n) is 2.27. The van der Waals surface area contributed by atoms with E-state index in [0.29, 0.717) is 12.5 Å². The number of nitrogens with one attached hydrogen (secondary N) is 2. The Bertz CT molecular complexity index is 299. The Morgan fingerprint density at radius 1 is 1.71 bits per heavy atom. The molecule has 0 radical (unpaired) electrons. The molecular weight excluding hydrogens is 198 g/mol. The van der Waals surface area contributed by atoms with E-state index in [1.54, 1.807) is 11.3 Å². The summed E-state index contributed by atoms with van der Waals surface area (Å²) in [6.07, 6.45) is 1.62. The maximum atomic E-state index is 10.9. The van der Waals surface area contributed by atoms with Crippen molar-refractivity contribution in [1.82, 2.24) is 15.6 Å². The van der Waals surface area contributed by atoms with E-state index >= 15 is 0 Å². The zero-order valence-corrected chi connectivity index (χ0v) is 8.64. The molecule has 0 saturated carbocycles. The SMILES string of the molecule is O=C1CCC(CNCc2cscn2)N1. The molecule has 1 aromatic heterocycles. The van der Waals surface area contributed by atoms with Crippen LogP contribution in [0.2, 0.25) is 0 Å². The molecule has 14 heavy (non-hydrogen) atoms. The van der Waals surface area contributed by atoms with Crippen molar-refractivity contribution in [3.8, 4) is 0 Å². The summed E-state index contributed by atoms with van der Waals surface area (Å²) in [7, 11) is 0. The highest BCUT2D eigenvalue weighted by atomic mass is 32.1. The van der Waals surface area contributed by atoms with Crippen LogP contribution < -0.4 is 10.6 Å². The van der Waals surface area contributed by atoms with Gasteiger partial charge in [0.05, 0.1) is 11.2 Å².